The Labute approximate surface area is 184 Å². The van der Waals surface area contributed by atoms with E-state index in [2.05, 4.69) is 5.10 Å². The maximum absolute atomic E-state index is 13.4. The van der Waals surface area contributed by atoms with Crippen molar-refractivity contribution in [2.75, 3.05) is 0 Å². The predicted octanol–water partition coefficient (Wildman–Crippen LogP) is 5.06. The first-order valence-electron chi connectivity index (χ1n) is 9.08. The zero-order valence-corrected chi connectivity index (χ0v) is 18.1. The average Bonchev–Trinajstić information content (AvgIpc) is 3.16. The molecule has 1 atom stereocenters. The molecule has 8 heteroatoms. The van der Waals surface area contributed by atoms with E-state index in [9.17, 15) is 9.00 Å². The fraction of sp³-hybridized carbons (Fsp3) is 0.0909. The molecule has 0 amide bonds. The van der Waals surface area contributed by atoms with Crippen molar-refractivity contribution >= 4 is 34.0 Å². The monoisotopic (exact) mass is 456 g/mol. The summed E-state index contributed by atoms with van der Waals surface area (Å²) in [4.78, 5) is 14.1. The molecule has 2 aromatic carbocycles. The summed E-state index contributed by atoms with van der Waals surface area (Å²) in [6.45, 7) is 0.368. The van der Waals surface area contributed by atoms with E-state index in [0.29, 0.717) is 22.0 Å². The minimum Gasteiger partial charge on any atom is -0.306 e. The fourth-order valence-corrected chi connectivity index (χ4v) is 4.76. The number of hydrogen-bond acceptors (Lipinski definition) is 4. The van der Waals surface area contributed by atoms with Crippen LogP contribution in [0.15, 0.2) is 77.7 Å². The van der Waals surface area contributed by atoms with Crippen LogP contribution in [0.2, 0.25) is 4.34 Å². The summed E-state index contributed by atoms with van der Waals surface area (Å²) in [5.74, 6) is 0.0601. The highest BCUT2D eigenvalue weighted by atomic mass is 35.5. The molecule has 0 aliphatic rings. The van der Waals surface area contributed by atoms with Gasteiger partial charge in [-0.25, -0.2) is 8.89 Å². The van der Waals surface area contributed by atoms with Gasteiger partial charge in [-0.2, -0.15) is 5.10 Å². The number of aromatic nitrogens is 2. The third-order valence-electron chi connectivity index (χ3n) is 4.59. The van der Waals surface area contributed by atoms with Gasteiger partial charge in [0.25, 0.3) is 5.56 Å². The van der Waals surface area contributed by atoms with Crippen LogP contribution in [0.25, 0.3) is 21.6 Å². The summed E-state index contributed by atoms with van der Waals surface area (Å²) < 4.78 is 22.2. The SMILES string of the molecule is O=c1c(-c2ccc(Cl)s2)c(-c2ccc(CS(=O)O)cc2)cnn1Cc1ccccc1. The Hall–Kier alpha value is -2.58. The van der Waals surface area contributed by atoms with Gasteiger partial charge in [-0.3, -0.25) is 4.79 Å². The molecule has 4 rings (SSSR count). The van der Waals surface area contributed by atoms with Crippen molar-refractivity contribution in [2.24, 2.45) is 0 Å². The molecular weight excluding hydrogens is 440 g/mol. The molecule has 4 aromatic rings. The van der Waals surface area contributed by atoms with Gasteiger partial charge in [-0.15, -0.1) is 11.3 Å². The van der Waals surface area contributed by atoms with Crippen molar-refractivity contribution in [3.05, 3.63) is 98.7 Å². The molecule has 0 saturated carbocycles. The fourth-order valence-electron chi connectivity index (χ4n) is 3.19. The molecular formula is C22H17ClN2O3S2. The van der Waals surface area contributed by atoms with Crippen LogP contribution in [-0.4, -0.2) is 18.5 Å². The molecule has 0 aliphatic heterocycles. The second-order valence-electron chi connectivity index (χ2n) is 6.65. The highest BCUT2D eigenvalue weighted by Gasteiger charge is 2.17. The van der Waals surface area contributed by atoms with E-state index in [1.165, 1.54) is 16.0 Å². The standard InChI is InChI=1S/C22H17ClN2O3S2/c23-20-11-10-19(29-20)21-18(17-8-6-16(7-9-17)14-30(27)28)12-24-25(22(21)26)13-15-4-2-1-3-5-15/h1-12H,13-14H2,(H,27,28). The van der Waals surface area contributed by atoms with Gasteiger partial charge in [-0.1, -0.05) is 66.2 Å². The number of thiophene rings is 1. The van der Waals surface area contributed by atoms with E-state index in [4.69, 9.17) is 16.2 Å². The second-order valence-corrected chi connectivity index (χ2v) is 9.29. The zero-order valence-electron chi connectivity index (χ0n) is 15.7. The average molecular weight is 457 g/mol. The van der Waals surface area contributed by atoms with Crippen LogP contribution < -0.4 is 5.56 Å². The van der Waals surface area contributed by atoms with E-state index in [1.807, 2.05) is 48.5 Å². The van der Waals surface area contributed by atoms with Crippen LogP contribution in [0, 0.1) is 0 Å². The van der Waals surface area contributed by atoms with E-state index in [0.717, 1.165) is 21.6 Å². The second kappa shape index (κ2) is 9.06. The maximum atomic E-state index is 13.4. The minimum absolute atomic E-state index is 0.0601. The molecule has 0 aliphatic carbocycles. The highest BCUT2D eigenvalue weighted by molar-refractivity contribution is 7.78. The van der Waals surface area contributed by atoms with Gasteiger partial charge in [0.15, 0.2) is 11.1 Å². The summed E-state index contributed by atoms with van der Waals surface area (Å²) in [5, 5.41) is 4.40. The molecule has 2 heterocycles. The van der Waals surface area contributed by atoms with Crippen molar-refractivity contribution in [2.45, 2.75) is 12.3 Å². The van der Waals surface area contributed by atoms with Gasteiger partial charge in [0.1, 0.15) is 0 Å². The van der Waals surface area contributed by atoms with Crippen LogP contribution in [0.5, 0.6) is 0 Å². The van der Waals surface area contributed by atoms with Gasteiger partial charge in [-0.05, 0) is 28.8 Å². The lowest BCUT2D eigenvalue weighted by molar-refractivity contribution is 0.563. The van der Waals surface area contributed by atoms with Crippen molar-refractivity contribution < 1.29 is 8.76 Å². The lowest BCUT2D eigenvalue weighted by atomic mass is 10.0. The molecule has 0 fully saturated rings. The van der Waals surface area contributed by atoms with E-state index >= 15 is 0 Å². The normalized spacial score (nSPS) is 12.1. The van der Waals surface area contributed by atoms with Crippen LogP contribution in [0.1, 0.15) is 11.1 Å². The van der Waals surface area contributed by atoms with Crippen LogP contribution >= 0.6 is 22.9 Å². The summed E-state index contributed by atoms with van der Waals surface area (Å²) >= 11 is 5.58. The predicted molar refractivity (Wildman–Crippen MR) is 122 cm³/mol. The molecule has 30 heavy (non-hydrogen) atoms. The molecule has 0 saturated heterocycles. The Morgan fingerprint density at radius 2 is 1.73 bits per heavy atom. The Bertz CT molecular complexity index is 1250. The minimum atomic E-state index is -1.90. The van der Waals surface area contributed by atoms with Crippen molar-refractivity contribution in [1.29, 1.82) is 0 Å². The molecule has 1 unspecified atom stereocenters. The molecule has 0 radical (unpaired) electrons. The quantitative estimate of drug-likeness (QED) is 0.411. The summed E-state index contributed by atoms with van der Waals surface area (Å²) in [7, 11) is 0. The molecule has 0 spiro atoms. The zero-order chi connectivity index (χ0) is 21.1. The van der Waals surface area contributed by atoms with Crippen LogP contribution in [-0.2, 0) is 23.4 Å². The first-order chi connectivity index (χ1) is 14.5. The van der Waals surface area contributed by atoms with Crippen LogP contribution in [0.3, 0.4) is 0 Å². The number of benzene rings is 2. The lowest BCUT2D eigenvalue weighted by Gasteiger charge is -2.12. The highest BCUT2D eigenvalue weighted by Crippen LogP contribution is 2.35. The Morgan fingerprint density at radius 1 is 1.00 bits per heavy atom. The largest absolute Gasteiger partial charge is 0.306 e. The topological polar surface area (TPSA) is 72.2 Å². The van der Waals surface area contributed by atoms with Crippen molar-refractivity contribution in [1.82, 2.24) is 9.78 Å². The number of halogens is 1. The van der Waals surface area contributed by atoms with Crippen molar-refractivity contribution in [3.8, 4) is 21.6 Å². The number of nitrogens with zero attached hydrogens (tertiary/aromatic N) is 2. The molecule has 152 valence electrons. The van der Waals surface area contributed by atoms with Crippen molar-refractivity contribution in [3.63, 3.8) is 0 Å². The Balaban J connectivity index is 1.81. The number of hydrogen-bond donors (Lipinski definition) is 1. The maximum Gasteiger partial charge on any atom is 0.276 e. The van der Waals surface area contributed by atoms with Gasteiger partial charge < -0.3 is 4.55 Å². The third-order valence-corrected chi connectivity index (χ3v) is 6.42. The van der Waals surface area contributed by atoms with E-state index in [1.54, 1.807) is 24.4 Å². The first-order valence-corrected chi connectivity index (χ1v) is 11.5. The van der Waals surface area contributed by atoms with Crippen LogP contribution in [0.4, 0.5) is 0 Å². The summed E-state index contributed by atoms with van der Waals surface area (Å²) in [6.07, 6.45) is 1.69. The smallest absolute Gasteiger partial charge is 0.276 e. The summed E-state index contributed by atoms with van der Waals surface area (Å²) in [6, 6.07) is 20.5. The van der Waals surface area contributed by atoms with Gasteiger partial charge in [0, 0.05) is 10.4 Å². The Kier molecular flexibility index (Phi) is 6.24. The van der Waals surface area contributed by atoms with E-state index < -0.39 is 11.1 Å². The van der Waals surface area contributed by atoms with E-state index in [-0.39, 0.29) is 11.3 Å². The molecule has 1 N–H and O–H groups in total. The van der Waals surface area contributed by atoms with Gasteiger partial charge in [0.2, 0.25) is 0 Å². The molecule has 2 aromatic heterocycles. The van der Waals surface area contributed by atoms with Gasteiger partial charge >= 0.3 is 0 Å². The summed E-state index contributed by atoms with van der Waals surface area (Å²) in [5.41, 5.74) is 3.56. The molecule has 0 bridgehead atoms. The first kappa shape index (κ1) is 20.7. The third kappa shape index (κ3) is 4.60. The van der Waals surface area contributed by atoms with Gasteiger partial charge in [0.05, 0.1) is 28.4 Å². The molecule has 5 nitrogen and oxygen atoms in total. The Morgan fingerprint density at radius 3 is 2.37 bits per heavy atom. The lowest BCUT2D eigenvalue weighted by Crippen LogP contribution is -2.25. The number of rotatable bonds is 6.